The van der Waals surface area contributed by atoms with Gasteiger partial charge in [-0.15, -0.1) is 0 Å². The van der Waals surface area contributed by atoms with E-state index in [1.54, 1.807) is 0 Å². The zero-order valence-electron chi connectivity index (χ0n) is 10.8. The van der Waals surface area contributed by atoms with Gasteiger partial charge in [-0.2, -0.15) is 0 Å². The lowest BCUT2D eigenvalue weighted by molar-refractivity contribution is 0.109. The summed E-state index contributed by atoms with van der Waals surface area (Å²) in [5, 5.41) is 9.49. The molecule has 2 atom stereocenters. The summed E-state index contributed by atoms with van der Waals surface area (Å²) >= 11 is 0. The molecule has 96 valence electrons. The van der Waals surface area contributed by atoms with E-state index in [-0.39, 0.29) is 18.6 Å². The number of nitrogens with two attached hydrogens (primary N) is 1. The van der Waals surface area contributed by atoms with Gasteiger partial charge in [-0.3, -0.25) is 4.90 Å². The molecule has 17 heavy (non-hydrogen) atoms. The van der Waals surface area contributed by atoms with Gasteiger partial charge in [-0.25, -0.2) is 0 Å². The Morgan fingerprint density at radius 3 is 2.18 bits per heavy atom. The normalized spacial score (nSPS) is 14.9. The predicted molar refractivity (Wildman–Crippen MR) is 71.7 cm³/mol. The number of hydrogen-bond donors (Lipinski definition) is 2. The van der Waals surface area contributed by atoms with E-state index in [9.17, 15) is 5.11 Å². The number of hydrogen-bond acceptors (Lipinski definition) is 3. The van der Waals surface area contributed by atoms with Crippen molar-refractivity contribution in [1.29, 1.82) is 0 Å². The second-order valence-electron chi connectivity index (χ2n) is 4.26. The summed E-state index contributed by atoms with van der Waals surface area (Å²) in [7, 11) is 0. The van der Waals surface area contributed by atoms with Crippen LogP contribution in [0.15, 0.2) is 30.3 Å². The first kappa shape index (κ1) is 14.2. The van der Waals surface area contributed by atoms with Crippen LogP contribution in [0.1, 0.15) is 25.5 Å². The summed E-state index contributed by atoms with van der Waals surface area (Å²) in [4.78, 5) is 2.35. The van der Waals surface area contributed by atoms with E-state index in [4.69, 9.17) is 5.73 Å². The third-order valence-electron chi connectivity index (χ3n) is 3.33. The van der Waals surface area contributed by atoms with Crippen LogP contribution < -0.4 is 5.73 Å². The number of aliphatic hydroxyl groups excluding tert-OH is 1. The van der Waals surface area contributed by atoms with Crippen molar-refractivity contribution < 1.29 is 5.11 Å². The molecule has 0 radical (unpaired) electrons. The lowest BCUT2D eigenvalue weighted by atomic mass is 9.92. The van der Waals surface area contributed by atoms with Crippen molar-refractivity contribution in [3.8, 4) is 0 Å². The van der Waals surface area contributed by atoms with Crippen molar-refractivity contribution in [1.82, 2.24) is 4.90 Å². The van der Waals surface area contributed by atoms with Crippen molar-refractivity contribution in [3.05, 3.63) is 35.9 Å². The van der Waals surface area contributed by atoms with Gasteiger partial charge in [0.2, 0.25) is 0 Å². The highest BCUT2D eigenvalue weighted by atomic mass is 16.3. The number of benzene rings is 1. The van der Waals surface area contributed by atoms with Crippen LogP contribution in [0.3, 0.4) is 0 Å². The molecular weight excluding hydrogens is 212 g/mol. The molecular formula is C14H24N2O. The Morgan fingerprint density at radius 2 is 1.76 bits per heavy atom. The quantitative estimate of drug-likeness (QED) is 0.756. The molecule has 0 fully saturated rings. The maximum Gasteiger partial charge on any atom is 0.0489 e. The molecule has 1 rings (SSSR count). The van der Waals surface area contributed by atoms with Crippen molar-refractivity contribution in [3.63, 3.8) is 0 Å². The fourth-order valence-corrected chi connectivity index (χ4v) is 2.35. The van der Waals surface area contributed by atoms with Crippen LogP contribution in [0, 0.1) is 5.92 Å². The highest BCUT2D eigenvalue weighted by molar-refractivity contribution is 5.20. The molecule has 0 heterocycles. The molecule has 0 aromatic heterocycles. The van der Waals surface area contributed by atoms with Crippen LogP contribution in [0.4, 0.5) is 0 Å². The van der Waals surface area contributed by atoms with E-state index in [1.165, 1.54) is 5.56 Å². The van der Waals surface area contributed by atoms with E-state index in [0.29, 0.717) is 6.54 Å². The minimum atomic E-state index is 0.0947. The van der Waals surface area contributed by atoms with E-state index in [0.717, 1.165) is 13.1 Å². The lowest BCUT2D eigenvalue weighted by Crippen LogP contribution is -2.38. The zero-order chi connectivity index (χ0) is 12.7. The summed E-state index contributed by atoms with van der Waals surface area (Å²) in [6.45, 7) is 6.85. The van der Waals surface area contributed by atoms with Gasteiger partial charge in [-0.05, 0) is 25.2 Å². The van der Waals surface area contributed by atoms with Crippen molar-refractivity contribution in [2.24, 2.45) is 11.7 Å². The lowest BCUT2D eigenvalue weighted by Gasteiger charge is -2.35. The molecule has 0 aliphatic carbocycles. The molecule has 0 aliphatic heterocycles. The standard InChI is InChI=1S/C14H24N2O/c1-3-16(4-2)14(13(10-15)11-17)12-8-6-5-7-9-12/h5-9,13-14,17H,3-4,10-11,15H2,1-2H3/t13-,14+/m0/s1. The Bertz CT molecular complexity index is 282. The Labute approximate surface area is 104 Å². The molecule has 0 bridgehead atoms. The smallest absolute Gasteiger partial charge is 0.0489 e. The fraction of sp³-hybridized carbons (Fsp3) is 0.571. The maximum absolute atomic E-state index is 9.49. The molecule has 0 amide bonds. The van der Waals surface area contributed by atoms with Crippen LogP contribution in [-0.4, -0.2) is 36.2 Å². The molecule has 1 aromatic rings. The minimum absolute atomic E-state index is 0.0947. The molecule has 0 saturated carbocycles. The third-order valence-corrected chi connectivity index (χ3v) is 3.33. The van der Waals surface area contributed by atoms with Gasteiger partial charge in [0.1, 0.15) is 0 Å². The monoisotopic (exact) mass is 236 g/mol. The predicted octanol–water partition coefficient (Wildman–Crippen LogP) is 1.64. The summed E-state index contributed by atoms with van der Waals surface area (Å²) in [6.07, 6.45) is 0. The third kappa shape index (κ3) is 3.53. The Balaban J connectivity index is 3.01. The van der Waals surface area contributed by atoms with Gasteiger partial charge in [0.15, 0.2) is 0 Å². The largest absolute Gasteiger partial charge is 0.396 e. The van der Waals surface area contributed by atoms with E-state index in [2.05, 4.69) is 30.9 Å². The molecule has 0 unspecified atom stereocenters. The molecule has 0 spiro atoms. The second kappa shape index (κ2) is 7.43. The first-order chi connectivity index (χ1) is 8.28. The number of aliphatic hydroxyl groups is 1. The molecule has 0 saturated heterocycles. The first-order valence-electron chi connectivity index (χ1n) is 6.38. The Kier molecular flexibility index (Phi) is 6.19. The molecule has 0 aliphatic rings. The molecule has 3 heteroatoms. The number of rotatable bonds is 7. The minimum Gasteiger partial charge on any atom is -0.396 e. The number of nitrogens with zero attached hydrogens (tertiary/aromatic N) is 1. The average Bonchev–Trinajstić information content (AvgIpc) is 2.40. The topological polar surface area (TPSA) is 49.5 Å². The SMILES string of the molecule is CCN(CC)[C@H](c1ccccc1)[C@@H](CN)CO. The van der Waals surface area contributed by atoms with Crippen LogP contribution in [0.2, 0.25) is 0 Å². The van der Waals surface area contributed by atoms with Gasteiger partial charge in [0, 0.05) is 18.6 Å². The van der Waals surface area contributed by atoms with Crippen LogP contribution >= 0.6 is 0 Å². The first-order valence-corrected chi connectivity index (χ1v) is 6.38. The maximum atomic E-state index is 9.49. The average molecular weight is 236 g/mol. The Morgan fingerprint density at radius 1 is 1.18 bits per heavy atom. The second-order valence-corrected chi connectivity index (χ2v) is 4.26. The van der Waals surface area contributed by atoms with E-state index < -0.39 is 0 Å². The van der Waals surface area contributed by atoms with Gasteiger partial charge in [-0.1, -0.05) is 44.2 Å². The summed E-state index contributed by atoms with van der Waals surface area (Å²) in [5.41, 5.74) is 7.02. The highest BCUT2D eigenvalue weighted by Gasteiger charge is 2.25. The van der Waals surface area contributed by atoms with Crippen molar-refractivity contribution in [2.45, 2.75) is 19.9 Å². The van der Waals surface area contributed by atoms with Crippen LogP contribution in [0.5, 0.6) is 0 Å². The highest BCUT2D eigenvalue weighted by Crippen LogP contribution is 2.27. The zero-order valence-corrected chi connectivity index (χ0v) is 10.8. The van der Waals surface area contributed by atoms with E-state index >= 15 is 0 Å². The van der Waals surface area contributed by atoms with Crippen LogP contribution in [-0.2, 0) is 0 Å². The van der Waals surface area contributed by atoms with Gasteiger partial charge in [0.05, 0.1) is 0 Å². The molecule has 3 nitrogen and oxygen atoms in total. The molecule has 3 N–H and O–H groups in total. The van der Waals surface area contributed by atoms with Crippen molar-refractivity contribution >= 4 is 0 Å². The van der Waals surface area contributed by atoms with Gasteiger partial charge >= 0.3 is 0 Å². The van der Waals surface area contributed by atoms with Crippen LogP contribution in [0.25, 0.3) is 0 Å². The summed E-state index contributed by atoms with van der Waals surface area (Å²) < 4.78 is 0. The summed E-state index contributed by atoms with van der Waals surface area (Å²) in [6, 6.07) is 10.5. The van der Waals surface area contributed by atoms with Gasteiger partial charge in [0.25, 0.3) is 0 Å². The van der Waals surface area contributed by atoms with Crippen molar-refractivity contribution in [2.75, 3.05) is 26.2 Å². The Hall–Kier alpha value is -0.900. The fourth-order valence-electron chi connectivity index (χ4n) is 2.35. The summed E-state index contributed by atoms with van der Waals surface area (Å²) in [5.74, 6) is 0.0947. The van der Waals surface area contributed by atoms with Gasteiger partial charge < -0.3 is 10.8 Å². The van der Waals surface area contributed by atoms with E-state index in [1.807, 2.05) is 18.2 Å². The molecule has 1 aromatic carbocycles.